The topological polar surface area (TPSA) is 30.5 Å². The van der Waals surface area contributed by atoms with Crippen LogP contribution in [0.5, 0.6) is 0 Å². The van der Waals surface area contributed by atoms with E-state index in [1.165, 1.54) is 12.8 Å². The Morgan fingerprint density at radius 1 is 1.00 bits per heavy atom. The highest BCUT2D eigenvalue weighted by atomic mass is 16.7. The summed E-state index contributed by atoms with van der Waals surface area (Å²) >= 11 is 0. The summed E-state index contributed by atoms with van der Waals surface area (Å²) in [6.45, 7) is 2.63. The van der Waals surface area contributed by atoms with Crippen molar-refractivity contribution < 1.29 is 9.47 Å². The van der Waals surface area contributed by atoms with Gasteiger partial charge in [0.2, 0.25) is 5.79 Å². The van der Waals surface area contributed by atoms with Crippen LogP contribution in [0.15, 0.2) is 30.3 Å². The Hall–Kier alpha value is -0.900. The molecule has 1 atom stereocenters. The number of ether oxygens (including phenoxy) is 2. The molecule has 2 fully saturated rings. The molecule has 2 aliphatic heterocycles. The van der Waals surface area contributed by atoms with Gasteiger partial charge in [0.1, 0.15) is 0 Å². The Balaban J connectivity index is 1.92. The number of nitrogens with one attached hydrogen (secondary N) is 1. The van der Waals surface area contributed by atoms with Gasteiger partial charge in [0.15, 0.2) is 0 Å². The zero-order valence-corrected chi connectivity index (χ0v) is 10.7. The van der Waals surface area contributed by atoms with Crippen molar-refractivity contribution in [2.24, 2.45) is 0 Å². The quantitative estimate of drug-likeness (QED) is 0.870. The Morgan fingerprint density at radius 3 is 2.44 bits per heavy atom. The van der Waals surface area contributed by atoms with Gasteiger partial charge >= 0.3 is 0 Å². The number of piperidine rings is 1. The third-order valence-corrected chi connectivity index (χ3v) is 3.87. The van der Waals surface area contributed by atoms with Crippen LogP contribution in [0, 0.1) is 0 Å². The fourth-order valence-corrected chi connectivity index (χ4v) is 2.96. The predicted octanol–water partition coefficient (Wildman–Crippen LogP) is 2.42. The van der Waals surface area contributed by atoms with Crippen LogP contribution in [-0.2, 0) is 15.3 Å². The van der Waals surface area contributed by atoms with E-state index in [1.807, 2.05) is 6.07 Å². The second-order valence-corrected chi connectivity index (χ2v) is 5.09. The van der Waals surface area contributed by atoms with Crippen LogP contribution in [0.4, 0.5) is 0 Å². The Kier molecular flexibility index (Phi) is 3.64. The van der Waals surface area contributed by atoms with E-state index in [9.17, 15) is 0 Å². The Labute approximate surface area is 108 Å². The Morgan fingerprint density at radius 2 is 1.78 bits per heavy atom. The third kappa shape index (κ3) is 2.18. The number of benzene rings is 1. The highest BCUT2D eigenvalue weighted by Gasteiger charge is 2.44. The maximum Gasteiger partial charge on any atom is 0.210 e. The molecule has 2 saturated heterocycles. The zero-order chi connectivity index (χ0) is 12.3. The smallest absolute Gasteiger partial charge is 0.210 e. The first kappa shape index (κ1) is 12.2. The average Bonchev–Trinajstić information content (AvgIpc) is 2.50. The van der Waals surface area contributed by atoms with E-state index in [2.05, 4.69) is 29.6 Å². The van der Waals surface area contributed by atoms with Gasteiger partial charge in [-0.3, -0.25) is 0 Å². The van der Waals surface area contributed by atoms with Crippen molar-refractivity contribution in [3.8, 4) is 0 Å². The summed E-state index contributed by atoms with van der Waals surface area (Å²) in [6, 6.07) is 10.6. The van der Waals surface area contributed by atoms with Crippen LogP contribution >= 0.6 is 0 Å². The van der Waals surface area contributed by atoms with Gasteiger partial charge < -0.3 is 14.8 Å². The first-order valence-electron chi connectivity index (χ1n) is 6.99. The van der Waals surface area contributed by atoms with E-state index < -0.39 is 5.79 Å². The molecule has 0 unspecified atom stereocenters. The molecule has 0 aromatic heterocycles. The van der Waals surface area contributed by atoms with Crippen LogP contribution in [0.1, 0.15) is 31.2 Å². The summed E-state index contributed by atoms with van der Waals surface area (Å²) in [4.78, 5) is 0. The summed E-state index contributed by atoms with van der Waals surface area (Å²) in [5, 5.41) is 3.58. The van der Waals surface area contributed by atoms with Gasteiger partial charge in [-0.05, 0) is 25.8 Å². The molecule has 3 rings (SSSR count). The first-order chi connectivity index (χ1) is 8.92. The van der Waals surface area contributed by atoms with Gasteiger partial charge in [0.25, 0.3) is 0 Å². The highest BCUT2D eigenvalue weighted by molar-refractivity contribution is 5.23. The molecular weight excluding hydrogens is 226 g/mol. The summed E-state index contributed by atoms with van der Waals surface area (Å²) in [5.74, 6) is -0.570. The van der Waals surface area contributed by atoms with E-state index in [4.69, 9.17) is 9.47 Å². The van der Waals surface area contributed by atoms with E-state index in [0.717, 1.165) is 38.2 Å². The van der Waals surface area contributed by atoms with Gasteiger partial charge in [0.05, 0.1) is 19.3 Å². The lowest BCUT2D eigenvalue weighted by Gasteiger charge is -2.45. The molecule has 0 amide bonds. The van der Waals surface area contributed by atoms with E-state index >= 15 is 0 Å². The summed E-state index contributed by atoms with van der Waals surface area (Å²) in [7, 11) is 0. The molecule has 1 N–H and O–H groups in total. The maximum atomic E-state index is 6.11. The summed E-state index contributed by atoms with van der Waals surface area (Å²) in [6.07, 6.45) is 4.61. The summed E-state index contributed by atoms with van der Waals surface area (Å²) < 4.78 is 12.2. The maximum absolute atomic E-state index is 6.11. The fraction of sp³-hybridized carbons (Fsp3) is 0.600. The first-order valence-corrected chi connectivity index (χ1v) is 6.99. The molecule has 98 valence electrons. The van der Waals surface area contributed by atoms with Crippen molar-refractivity contribution >= 4 is 0 Å². The van der Waals surface area contributed by atoms with Crippen molar-refractivity contribution in [2.75, 3.05) is 19.8 Å². The Bertz CT molecular complexity index is 367. The molecule has 1 aromatic carbocycles. The van der Waals surface area contributed by atoms with Crippen molar-refractivity contribution in [3.63, 3.8) is 0 Å². The van der Waals surface area contributed by atoms with Crippen LogP contribution in [-0.4, -0.2) is 25.8 Å². The molecule has 3 heteroatoms. The molecule has 0 aliphatic carbocycles. The van der Waals surface area contributed by atoms with Gasteiger partial charge in [0, 0.05) is 5.56 Å². The molecule has 0 radical (unpaired) electrons. The predicted molar refractivity (Wildman–Crippen MR) is 70.3 cm³/mol. The van der Waals surface area contributed by atoms with Gasteiger partial charge in [-0.25, -0.2) is 0 Å². The number of hydrogen-bond donors (Lipinski definition) is 1. The van der Waals surface area contributed by atoms with Crippen molar-refractivity contribution in [3.05, 3.63) is 35.9 Å². The van der Waals surface area contributed by atoms with Gasteiger partial charge in [-0.2, -0.15) is 0 Å². The van der Waals surface area contributed by atoms with Gasteiger partial charge in [-0.1, -0.05) is 36.8 Å². The van der Waals surface area contributed by atoms with Crippen molar-refractivity contribution in [1.82, 2.24) is 5.32 Å². The standard InChI is InChI=1S/C15H21NO2/c1-2-7-13(8-3-1)15(17-11-6-12-18-15)14-9-4-5-10-16-14/h1-3,7-8,14,16H,4-6,9-12H2/t14-/m1/s1. The van der Waals surface area contributed by atoms with Crippen LogP contribution < -0.4 is 5.32 Å². The van der Waals surface area contributed by atoms with Crippen LogP contribution in [0.3, 0.4) is 0 Å². The third-order valence-electron chi connectivity index (χ3n) is 3.87. The molecular formula is C15H21NO2. The normalized spacial score (nSPS) is 27.9. The van der Waals surface area contributed by atoms with Gasteiger partial charge in [-0.15, -0.1) is 0 Å². The largest absolute Gasteiger partial charge is 0.345 e. The SMILES string of the molecule is c1ccc(C2([C@H]3CCCCN3)OCCCO2)cc1. The molecule has 18 heavy (non-hydrogen) atoms. The lowest BCUT2D eigenvalue weighted by atomic mass is 9.90. The minimum Gasteiger partial charge on any atom is -0.345 e. The van der Waals surface area contributed by atoms with E-state index in [1.54, 1.807) is 0 Å². The summed E-state index contributed by atoms with van der Waals surface area (Å²) in [5.41, 5.74) is 1.14. The molecule has 2 aliphatic rings. The molecule has 3 nitrogen and oxygen atoms in total. The minimum absolute atomic E-state index is 0.272. The van der Waals surface area contributed by atoms with Crippen LogP contribution in [0.2, 0.25) is 0 Å². The second kappa shape index (κ2) is 5.39. The number of hydrogen-bond acceptors (Lipinski definition) is 3. The average molecular weight is 247 g/mol. The second-order valence-electron chi connectivity index (χ2n) is 5.09. The number of rotatable bonds is 2. The van der Waals surface area contributed by atoms with Crippen molar-refractivity contribution in [1.29, 1.82) is 0 Å². The highest BCUT2D eigenvalue weighted by Crippen LogP contribution is 2.37. The molecule has 1 aromatic rings. The molecule has 0 spiro atoms. The zero-order valence-electron chi connectivity index (χ0n) is 10.7. The van der Waals surface area contributed by atoms with Crippen LogP contribution in [0.25, 0.3) is 0 Å². The monoisotopic (exact) mass is 247 g/mol. The lowest BCUT2D eigenvalue weighted by molar-refractivity contribution is -0.293. The molecule has 2 heterocycles. The minimum atomic E-state index is -0.570. The fourth-order valence-electron chi connectivity index (χ4n) is 2.96. The van der Waals surface area contributed by atoms with Crippen molar-refractivity contribution in [2.45, 2.75) is 37.5 Å². The molecule has 0 bridgehead atoms. The lowest BCUT2D eigenvalue weighted by Crippen LogP contribution is -2.55. The molecule has 0 saturated carbocycles. The van der Waals surface area contributed by atoms with E-state index in [0.29, 0.717) is 0 Å². The van der Waals surface area contributed by atoms with E-state index in [-0.39, 0.29) is 6.04 Å².